The van der Waals surface area contributed by atoms with Gasteiger partial charge in [-0.3, -0.25) is 0 Å². The van der Waals surface area contributed by atoms with Crippen LogP contribution < -0.4 is 5.48 Å². The van der Waals surface area contributed by atoms with Gasteiger partial charge < -0.3 is 0 Å². The zero-order chi connectivity index (χ0) is 9.68. The molecule has 0 fully saturated rings. The monoisotopic (exact) mass is 202 g/mol. The minimum Gasteiger partial charge on any atom is -0.207 e. The molecule has 0 saturated carbocycles. The number of rotatable bonds is 4. The van der Waals surface area contributed by atoms with E-state index in [1.807, 2.05) is 12.3 Å². The third-order valence-electron chi connectivity index (χ3n) is 1.54. The molecule has 0 heterocycles. The van der Waals surface area contributed by atoms with Crippen LogP contribution in [-0.2, 0) is 10.6 Å². The summed E-state index contributed by atoms with van der Waals surface area (Å²) in [6.07, 6.45) is 1.99. The van der Waals surface area contributed by atoms with Gasteiger partial charge in [-0.2, -0.15) is 17.2 Å². The fraction of sp³-hybridized carbons (Fsp3) is 0.333. The van der Waals surface area contributed by atoms with E-state index in [4.69, 9.17) is 4.84 Å². The Morgan fingerprint density at radius 1 is 1.46 bits per heavy atom. The minimum atomic E-state index is -0.213. The average Bonchev–Trinajstić information content (AvgIpc) is 2.04. The number of nitrogens with two attached hydrogens (primary N) is 1. The molecule has 13 heavy (non-hydrogen) atoms. The topological polar surface area (TPSA) is 25.8 Å². The van der Waals surface area contributed by atoms with Crippen LogP contribution in [0.3, 0.4) is 0 Å². The molecular formula is C9H13FNOS+. The largest absolute Gasteiger partial charge is 0.207 e. The lowest BCUT2D eigenvalue weighted by molar-refractivity contribution is -0.830. The quantitative estimate of drug-likeness (QED) is 0.590. The zero-order valence-corrected chi connectivity index (χ0v) is 8.53. The Labute approximate surface area is 81.4 Å². The molecule has 0 aliphatic rings. The summed E-state index contributed by atoms with van der Waals surface area (Å²) in [7, 11) is 1.55. The number of hydrogen-bond acceptors (Lipinski definition) is 2. The van der Waals surface area contributed by atoms with Crippen molar-refractivity contribution in [2.75, 3.05) is 13.4 Å². The van der Waals surface area contributed by atoms with E-state index >= 15 is 0 Å². The van der Waals surface area contributed by atoms with Gasteiger partial charge in [-0.25, -0.2) is 9.23 Å². The standard InChI is InChI=1S/C9H12FNOS/c1-12-11-9-4-7(6-13-2)3-8(10)5-9/h3-5,11H,6H2,1-2H3/p+1. The van der Waals surface area contributed by atoms with Gasteiger partial charge in [0.25, 0.3) is 0 Å². The summed E-state index contributed by atoms with van der Waals surface area (Å²) in [6.45, 7) is 0. The van der Waals surface area contributed by atoms with E-state index in [1.165, 1.54) is 11.5 Å². The maximum absolute atomic E-state index is 13.0. The summed E-state index contributed by atoms with van der Waals surface area (Å²) in [5.74, 6) is 0.609. The molecule has 0 amide bonds. The Kier molecular flexibility index (Phi) is 4.21. The summed E-state index contributed by atoms with van der Waals surface area (Å²) in [4.78, 5) is 4.82. The van der Waals surface area contributed by atoms with Crippen LogP contribution in [0, 0.1) is 5.82 Å². The van der Waals surface area contributed by atoms with Crippen molar-refractivity contribution in [2.24, 2.45) is 0 Å². The van der Waals surface area contributed by atoms with Crippen LogP contribution in [0.2, 0.25) is 0 Å². The van der Waals surface area contributed by atoms with Gasteiger partial charge in [0, 0.05) is 17.9 Å². The second kappa shape index (κ2) is 5.21. The molecule has 2 N–H and O–H groups in total. The van der Waals surface area contributed by atoms with Gasteiger partial charge >= 0.3 is 0 Å². The summed E-state index contributed by atoms with van der Waals surface area (Å²) in [6, 6.07) is 4.92. The molecule has 1 aromatic carbocycles. The average molecular weight is 202 g/mol. The molecule has 0 aromatic heterocycles. The van der Waals surface area contributed by atoms with Crippen molar-refractivity contribution in [3.8, 4) is 0 Å². The molecule has 72 valence electrons. The van der Waals surface area contributed by atoms with Crippen molar-refractivity contribution in [1.29, 1.82) is 0 Å². The molecule has 0 bridgehead atoms. The first-order chi connectivity index (χ1) is 6.26. The normalized spacial score (nSPS) is 10.4. The highest BCUT2D eigenvalue weighted by molar-refractivity contribution is 7.97. The Morgan fingerprint density at radius 3 is 2.85 bits per heavy atom. The molecule has 0 saturated heterocycles. The Balaban J connectivity index is 2.83. The molecule has 0 atom stereocenters. The molecule has 0 spiro atoms. The molecule has 0 radical (unpaired) electrons. The minimum absolute atomic E-state index is 0.213. The number of hydrogen-bond donors (Lipinski definition) is 1. The van der Waals surface area contributed by atoms with E-state index < -0.39 is 0 Å². The van der Waals surface area contributed by atoms with E-state index in [2.05, 4.69) is 0 Å². The van der Waals surface area contributed by atoms with Crippen molar-refractivity contribution < 1.29 is 14.7 Å². The highest BCUT2D eigenvalue weighted by Crippen LogP contribution is 2.14. The number of halogens is 1. The lowest BCUT2D eigenvalue weighted by Gasteiger charge is -2.01. The third-order valence-corrected chi connectivity index (χ3v) is 2.17. The van der Waals surface area contributed by atoms with Crippen LogP contribution in [0.1, 0.15) is 5.56 Å². The van der Waals surface area contributed by atoms with Gasteiger partial charge in [-0.1, -0.05) is 0 Å². The molecule has 1 rings (SSSR count). The summed E-state index contributed by atoms with van der Waals surface area (Å²) in [5, 5.41) is 0. The van der Waals surface area contributed by atoms with Gasteiger partial charge in [-0.15, -0.1) is 0 Å². The number of benzene rings is 1. The van der Waals surface area contributed by atoms with Crippen molar-refractivity contribution in [2.45, 2.75) is 5.75 Å². The molecule has 0 unspecified atom stereocenters. The third kappa shape index (κ3) is 3.34. The highest BCUT2D eigenvalue weighted by Gasteiger charge is 2.03. The van der Waals surface area contributed by atoms with Crippen molar-refractivity contribution >= 4 is 17.4 Å². The van der Waals surface area contributed by atoms with Crippen molar-refractivity contribution in [1.82, 2.24) is 0 Å². The van der Waals surface area contributed by atoms with Crippen LogP contribution in [0.5, 0.6) is 0 Å². The smallest absolute Gasteiger partial charge is 0.165 e. The second-order valence-corrected chi connectivity index (χ2v) is 3.55. The summed E-state index contributed by atoms with van der Waals surface area (Å²) >= 11 is 1.67. The van der Waals surface area contributed by atoms with E-state index in [9.17, 15) is 4.39 Å². The molecule has 0 aliphatic carbocycles. The molecular weight excluding hydrogens is 189 g/mol. The molecule has 1 aromatic rings. The van der Waals surface area contributed by atoms with Crippen molar-refractivity contribution in [3.63, 3.8) is 0 Å². The maximum Gasteiger partial charge on any atom is 0.165 e. The predicted octanol–water partition coefficient (Wildman–Crippen LogP) is 1.45. The van der Waals surface area contributed by atoms with Crippen LogP contribution in [0.25, 0.3) is 0 Å². The highest BCUT2D eigenvalue weighted by atomic mass is 32.2. The first-order valence-electron chi connectivity index (χ1n) is 3.90. The summed E-state index contributed by atoms with van der Waals surface area (Å²) in [5.41, 5.74) is 3.29. The number of quaternary nitrogens is 1. The SMILES string of the molecule is CO[NH2+]c1cc(F)cc(CSC)c1. The maximum atomic E-state index is 13.0. The van der Waals surface area contributed by atoms with Crippen LogP contribution in [0.4, 0.5) is 10.1 Å². The molecule has 4 heteroatoms. The van der Waals surface area contributed by atoms with Crippen LogP contribution in [-0.4, -0.2) is 13.4 Å². The van der Waals surface area contributed by atoms with E-state index in [1.54, 1.807) is 24.9 Å². The lowest BCUT2D eigenvalue weighted by atomic mass is 10.2. The van der Waals surface area contributed by atoms with Crippen molar-refractivity contribution in [3.05, 3.63) is 29.6 Å². The zero-order valence-electron chi connectivity index (χ0n) is 7.71. The first-order valence-corrected chi connectivity index (χ1v) is 5.30. The fourth-order valence-corrected chi connectivity index (χ4v) is 1.63. The fourth-order valence-electron chi connectivity index (χ4n) is 1.13. The van der Waals surface area contributed by atoms with Crippen LogP contribution in [0.15, 0.2) is 18.2 Å². The van der Waals surface area contributed by atoms with Crippen LogP contribution >= 0.6 is 11.8 Å². The van der Waals surface area contributed by atoms with E-state index in [-0.39, 0.29) is 5.82 Å². The first kappa shape index (κ1) is 10.5. The molecule has 0 aliphatic heterocycles. The molecule has 2 nitrogen and oxygen atoms in total. The van der Waals surface area contributed by atoms with Gasteiger partial charge in [0.2, 0.25) is 0 Å². The van der Waals surface area contributed by atoms with Gasteiger partial charge in [-0.05, 0) is 17.9 Å². The Bertz CT molecular complexity index is 256. The lowest BCUT2D eigenvalue weighted by Crippen LogP contribution is -2.76. The van der Waals surface area contributed by atoms with E-state index in [0.717, 1.165) is 17.0 Å². The van der Waals surface area contributed by atoms with Gasteiger partial charge in [0.15, 0.2) is 5.69 Å². The number of thioether (sulfide) groups is 1. The Hall–Kier alpha value is -0.580. The predicted molar refractivity (Wildman–Crippen MR) is 52.2 cm³/mol. The van der Waals surface area contributed by atoms with E-state index in [0.29, 0.717) is 0 Å². The Morgan fingerprint density at radius 2 is 2.23 bits per heavy atom. The summed E-state index contributed by atoms with van der Waals surface area (Å²) < 4.78 is 13.0. The van der Waals surface area contributed by atoms with Gasteiger partial charge in [0.1, 0.15) is 5.82 Å². The van der Waals surface area contributed by atoms with Gasteiger partial charge in [0.05, 0.1) is 7.11 Å². The second-order valence-electron chi connectivity index (χ2n) is 2.68.